The average molecular weight is 275 g/mol. The minimum absolute atomic E-state index is 0.0625. The highest BCUT2D eigenvalue weighted by Gasteiger charge is 2.34. The first-order valence-corrected chi connectivity index (χ1v) is 7.39. The summed E-state index contributed by atoms with van der Waals surface area (Å²) in [6.45, 7) is 1.66. The van der Waals surface area contributed by atoms with Crippen LogP contribution < -0.4 is 4.72 Å². The van der Waals surface area contributed by atoms with E-state index in [0.29, 0.717) is 5.56 Å². The van der Waals surface area contributed by atoms with E-state index in [1.54, 1.807) is 19.1 Å². The van der Waals surface area contributed by atoms with Gasteiger partial charge in [0.25, 0.3) is 0 Å². The first-order valence-electron chi connectivity index (χ1n) is 5.90. The van der Waals surface area contributed by atoms with E-state index < -0.39 is 16.1 Å². The highest BCUT2D eigenvalue weighted by molar-refractivity contribution is 7.89. The van der Waals surface area contributed by atoms with Gasteiger partial charge in [-0.25, -0.2) is 8.42 Å². The summed E-state index contributed by atoms with van der Waals surface area (Å²) < 4.78 is 26.9. The van der Waals surface area contributed by atoms with E-state index in [1.165, 1.54) is 6.07 Å². The molecule has 98 valence electrons. The molecule has 0 heterocycles. The fraction of sp³-hybridized carbons (Fsp3) is 0.385. The SMILES string of the molecule is Cc1ccc(C#N)cc1S(=O)(=O)NC(C#N)C1CC1. The molecule has 19 heavy (non-hydrogen) atoms. The summed E-state index contributed by atoms with van der Waals surface area (Å²) in [5.41, 5.74) is 0.838. The standard InChI is InChI=1S/C13H13N3O2S/c1-9-2-3-10(7-14)6-13(9)19(17,18)16-12(8-15)11-4-5-11/h2-3,6,11-12,16H,4-5H2,1H3. The Morgan fingerprint density at radius 3 is 2.58 bits per heavy atom. The molecule has 1 aromatic rings. The van der Waals surface area contributed by atoms with Crippen LogP contribution in [0.4, 0.5) is 0 Å². The fourth-order valence-electron chi connectivity index (χ4n) is 1.85. The number of nitrogens with zero attached hydrogens (tertiary/aromatic N) is 2. The van der Waals surface area contributed by atoms with Crippen molar-refractivity contribution < 1.29 is 8.42 Å². The molecule has 1 aliphatic carbocycles. The molecule has 0 aliphatic heterocycles. The zero-order chi connectivity index (χ0) is 14.0. The Labute approximate surface area is 112 Å². The van der Waals surface area contributed by atoms with Gasteiger partial charge < -0.3 is 0 Å². The highest BCUT2D eigenvalue weighted by atomic mass is 32.2. The van der Waals surface area contributed by atoms with Gasteiger partial charge in [-0.15, -0.1) is 0 Å². The molecule has 0 bridgehead atoms. The van der Waals surface area contributed by atoms with Gasteiger partial charge in [0.2, 0.25) is 10.0 Å². The minimum atomic E-state index is -3.76. The van der Waals surface area contributed by atoms with Crippen LogP contribution in [0.15, 0.2) is 23.1 Å². The van der Waals surface area contributed by atoms with Crippen LogP contribution in [0.3, 0.4) is 0 Å². The third-order valence-electron chi connectivity index (χ3n) is 3.12. The van der Waals surface area contributed by atoms with Gasteiger partial charge in [0.1, 0.15) is 6.04 Å². The van der Waals surface area contributed by atoms with Crippen LogP contribution in [-0.4, -0.2) is 14.5 Å². The van der Waals surface area contributed by atoms with Gasteiger partial charge in [-0.3, -0.25) is 0 Å². The Morgan fingerprint density at radius 1 is 1.37 bits per heavy atom. The normalized spacial score (nSPS) is 16.4. The molecule has 0 saturated heterocycles. The van der Waals surface area contributed by atoms with E-state index in [9.17, 15) is 8.42 Å². The molecule has 6 heteroatoms. The first-order chi connectivity index (χ1) is 8.97. The van der Waals surface area contributed by atoms with E-state index in [2.05, 4.69) is 4.72 Å². The second-order valence-electron chi connectivity index (χ2n) is 4.66. The number of nitrogens with one attached hydrogen (secondary N) is 1. The molecule has 0 spiro atoms. The predicted molar refractivity (Wildman–Crippen MR) is 68.3 cm³/mol. The van der Waals surface area contributed by atoms with Crippen molar-refractivity contribution in [1.82, 2.24) is 4.72 Å². The summed E-state index contributed by atoms with van der Waals surface area (Å²) >= 11 is 0. The van der Waals surface area contributed by atoms with E-state index in [4.69, 9.17) is 10.5 Å². The second kappa shape index (κ2) is 5.00. The molecule has 0 amide bonds. The largest absolute Gasteiger partial charge is 0.242 e. The van der Waals surface area contributed by atoms with Crippen LogP contribution >= 0.6 is 0 Å². The number of hydrogen-bond donors (Lipinski definition) is 1. The molecule has 5 nitrogen and oxygen atoms in total. The summed E-state index contributed by atoms with van der Waals surface area (Å²) in [7, 11) is -3.76. The van der Waals surface area contributed by atoms with Gasteiger partial charge in [0.15, 0.2) is 0 Å². The molecule has 1 aliphatic rings. The maximum absolute atomic E-state index is 12.3. The Hall–Kier alpha value is -1.89. The summed E-state index contributed by atoms with van der Waals surface area (Å²) in [5, 5.41) is 17.8. The van der Waals surface area contributed by atoms with Gasteiger partial charge in [-0.1, -0.05) is 6.07 Å². The van der Waals surface area contributed by atoms with E-state index in [0.717, 1.165) is 12.8 Å². The monoisotopic (exact) mass is 275 g/mol. The Morgan fingerprint density at radius 2 is 2.05 bits per heavy atom. The van der Waals surface area contributed by atoms with Crippen LogP contribution in [0.2, 0.25) is 0 Å². The van der Waals surface area contributed by atoms with Crippen LogP contribution in [0.25, 0.3) is 0 Å². The van der Waals surface area contributed by atoms with E-state index in [1.807, 2.05) is 12.1 Å². The van der Waals surface area contributed by atoms with Gasteiger partial charge in [-0.2, -0.15) is 15.2 Å². The maximum atomic E-state index is 12.3. The van der Waals surface area contributed by atoms with Crippen molar-refractivity contribution in [3.8, 4) is 12.1 Å². The van der Waals surface area contributed by atoms with Crippen molar-refractivity contribution in [2.24, 2.45) is 5.92 Å². The fourth-order valence-corrected chi connectivity index (χ4v) is 3.33. The van der Waals surface area contributed by atoms with Crippen LogP contribution in [0.5, 0.6) is 0 Å². The van der Waals surface area contributed by atoms with Gasteiger partial charge in [0, 0.05) is 0 Å². The molecule has 1 saturated carbocycles. The number of benzene rings is 1. The summed E-state index contributed by atoms with van der Waals surface area (Å²) in [4.78, 5) is 0.0625. The molecule has 1 fully saturated rings. The predicted octanol–water partition coefficient (Wildman–Crippen LogP) is 1.45. The molecular formula is C13H13N3O2S. The number of sulfonamides is 1. The summed E-state index contributed by atoms with van der Waals surface area (Å²) in [5.74, 6) is 0.110. The van der Waals surface area contributed by atoms with Crippen molar-refractivity contribution in [2.75, 3.05) is 0 Å². The zero-order valence-corrected chi connectivity index (χ0v) is 11.2. The first kappa shape index (κ1) is 13.5. The van der Waals surface area contributed by atoms with Crippen molar-refractivity contribution in [3.05, 3.63) is 29.3 Å². The highest BCUT2D eigenvalue weighted by Crippen LogP contribution is 2.33. The van der Waals surface area contributed by atoms with Crippen LogP contribution in [0, 0.1) is 35.5 Å². The van der Waals surface area contributed by atoms with Crippen molar-refractivity contribution in [1.29, 1.82) is 10.5 Å². The average Bonchev–Trinajstić information content (AvgIpc) is 3.20. The lowest BCUT2D eigenvalue weighted by molar-refractivity contribution is 0.559. The smallest absolute Gasteiger partial charge is 0.207 e. The van der Waals surface area contributed by atoms with E-state index >= 15 is 0 Å². The van der Waals surface area contributed by atoms with Crippen LogP contribution in [-0.2, 0) is 10.0 Å². The topological polar surface area (TPSA) is 93.8 Å². The Balaban J connectivity index is 2.34. The Bertz CT molecular complexity index is 679. The van der Waals surface area contributed by atoms with E-state index in [-0.39, 0.29) is 16.4 Å². The second-order valence-corrected chi connectivity index (χ2v) is 6.34. The quantitative estimate of drug-likeness (QED) is 0.899. The number of aryl methyl sites for hydroxylation is 1. The number of hydrogen-bond acceptors (Lipinski definition) is 4. The van der Waals surface area contributed by atoms with Crippen molar-refractivity contribution in [2.45, 2.75) is 30.7 Å². The third-order valence-corrected chi connectivity index (χ3v) is 4.70. The zero-order valence-electron chi connectivity index (χ0n) is 10.4. The molecular weight excluding hydrogens is 262 g/mol. The lowest BCUT2D eigenvalue weighted by atomic mass is 10.2. The van der Waals surface area contributed by atoms with Gasteiger partial charge >= 0.3 is 0 Å². The number of nitriles is 2. The molecule has 1 aromatic carbocycles. The minimum Gasteiger partial charge on any atom is -0.207 e. The Kier molecular flexibility index (Phi) is 3.57. The summed E-state index contributed by atoms with van der Waals surface area (Å²) in [6.07, 6.45) is 1.75. The van der Waals surface area contributed by atoms with Crippen molar-refractivity contribution in [3.63, 3.8) is 0 Å². The number of rotatable bonds is 4. The molecule has 2 rings (SSSR count). The molecule has 1 N–H and O–H groups in total. The van der Waals surface area contributed by atoms with Gasteiger partial charge in [-0.05, 0) is 43.4 Å². The third kappa shape index (κ3) is 2.93. The maximum Gasteiger partial charge on any atom is 0.242 e. The lowest BCUT2D eigenvalue weighted by Crippen LogP contribution is -2.35. The lowest BCUT2D eigenvalue weighted by Gasteiger charge is -2.13. The van der Waals surface area contributed by atoms with Crippen molar-refractivity contribution >= 4 is 10.0 Å². The molecule has 1 atom stereocenters. The molecule has 0 radical (unpaired) electrons. The van der Waals surface area contributed by atoms with Crippen LogP contribution in [0.1, 0.15) is 24.0 Å². The molecule has 1 unspecified atom stereocenters. The summed E-state index contributed by atoms with van der Waals surface area (Å²) in [6, 6.07) is 7.70. The molecule has 0 aromatic heterocycles. The van der Waals surface area contributed by atoms with Gasteiger partial charge in [0.05, 0.1) is 22.6 Å².